The molecule has 1 N–H and O–H groups in total. The van der Waals surface area contributed by atoms with Gasteiger partial charge in [0, 0.05) is 6.54 Å². The van der Waals surface area contributed by atoms with E-state index in [1.165, 1.54) is 11.8 Å². The van der Waals surface area contributed by atoms with Crippen molar-refractivity contribution in [2.24, 2.45) is 0 Å². The van der Waals surface area contributed by atoms with Crippen LogP contribution in [0.25, 0.3) is 0 Å². The third kappa shape index (κ3) is 3.01. The molecule has 18 heavy (non-hydrogen) atoms. The van der Waals surface area contributed by atoms with Crippen LogP contribution in [-0.2, 0) is 19.4 Å². The number of hydrogen-bond acceptors (Lipinski definition) is 4. The molecule has 0 aromatic carbocycles. The molecule has 6 nitrogen and oxygen atoms in total. The molecular formula is C11H19NO5S. The minimum atomic E-state index is -3.43. The van der Waals surface area contributed by atoms with E-state index in [1.807, 2.05) is 0 Å². The summed E-state index contributed by atoms with van der Waals surface area (Å²) in [5.41, 5.74) is -1.27. The monoisotopic (exact) mass is 277 g/mol. The average Bonchev–Trinajstić information content (AvgIpc) is 2.60. The minimum Gasteiger partial charge on any atom is -0.480 e. The number of amides is 1. The highest BCUT2D eigenvalue weighted by molar-refractivity contribution is 7.92. The van der Waals surface area contributed by atoms with E-state index in [0.717, 1.165) is 0 Å². The Morgan fingerprint density at radius 1 is 1.39 bits per heavy atom. The molecule has 0 radical (unpaired) electrons. The largest absolute Gasteiger partial charge is 0.480 e. The van der Waals surface area contributed by atoms with Gasteiger partial charge in [-0.05, 0) is 26.2 Å². The maximum absolute atomic E-state index is 11.9. The maximum Gasteiger partial charge on any atom is 0.329 e. The second-order valence-corrected chi connectivity index (χ2v) is 7.00. The normalized spacial score (nSPS) is 24.2. The molecule has 0 aromatic heterocycles. The summed E-state index contributed by atoms with van der Waals surface area (Å²) in [4.78, 5) is 24.3. The zero-order chi connectivity index (χ0) is 14.0. The van der Waals surface area contributed by atoms with E-state index < -0.39 is 33.0 Å². The van der Waals surface area contributed by atoms with Crippen LogP contribution in [0.4, 0.5) is 0 Å². The highest BCUT2D eigenvalue weighted by Crippen LogP contribution is 2.29. The Balaban J connectivity index is 2.82. The SMILES string of the molecule is CCCS(=O)(=O)CC(=O)N1CCCC1(C)C(=O)O. The van der Waals surface area contributed by atoms with Crippen LogP contribution in [0.2, 0.25) is 0 Å². The van der Waals surface area contributed by atoms with Crippen LogP contribution >= 0.6 is 0 Å². The van der Waals surface area contributed by atoms with Gasteiger partial charge in [0.1, 0.15) is 11.3 Å². The number of carbonyl (C=O) groups is 2. The van der Waals surface area contributed by atoms with Crippen LogP contribution in [0.1, 0.15) is 33.1 Å². The van der Waals surface area contributed by atoms with Crippen molar-refractivity contribution in [3.8, 4) is 0 Å². The Labute approximate surface area is 107 Å². The Morgan fingerprint density at radius 3 is 2.50 bits per heavy atom. The molecular weight excluding hydrogens is 258 g/mol. The third-order valence-electron chi connectivity index (χ3n) is 3.26. The zero-order valence-corrected chi connectivity index (χ0v) is 11.5. The lowest BCUT2D eigenvalue weighted by molar-refractivity contribution is -0.154. The summed E-state index contributed by atoms with van der Waals surface area (Å²) in [7, 11) is -3.43. The summed E-state index contributed by atoms with van der Waals surface area (Å²) in [5, 5.41) is 9.15. The fourth-order valence-corrected chi connectivity index (χ4v) is 3.53. The van der Waals surface area contributed by atoms with Crippen molar-refractivity contribution in [3.05, 3.63) is 0 Å². The number of nitrogens with zero attached hydrogens (tertiary/aromatic N) is 1. The van der Waals surface area contributed by atoms with Gasteiger partial charge >= 0.3 is 5.97 Å². The van der Waals surface area contributed by atoms with Crippen LogP contribution in [0.3, 0.4) is 0 Å². The van der Waals surface area contributed by atoms with Crippen molar-refractivity contribution in [1.82, 2.24) is 4.90 Å². The summed E-state index contributed by atoms with van der Waals surface area (Å²) in [5.74, 6) is -2.33. The molecule has 1 amide bonds. The summed E-state index contributed by atoms with van der Waals surface area (Å²) in [6, 6.07) is 0. The number of carboxylic acid groups (broad SMARTS) is 1. The van der Waals surface area contributed by atoms with Crippen LogP contribution in [0, 0.1) is 0 Å². The molecule has 1 fully saturated rings. The molecule has 0 saturated carbocycles. The van der Waals surface area contributed by atoms with E-state index in [-0.39, 0.29) is 5.75 Å². The van der Waals surface area contributed by atoms with Gasteiger partial charge < -0.3 is 10.0 Å². The van der Waals surface area contributed by atoms with E-state index in [2.05, 4.69) is 0 Å². The zero-order valence-electron chi connectivity index (χ0n) is 10.7. The predicted octanol–water partition coefficient (Wildman–Crippen LogP) is 0.277. The first-order chi connectivity index (χ1) is 8.23. The second-order valence-electron chi connectivity index (χ2n) is 4.82. The number of aliphatic carboxylic acids is 1. The molecule has 0 spiro atoms. The molecule has 1 saturated heterocycles. The maximum atomic E-state index is 11.9. The van der Waals surface area contributed by atoms with Gasteiger partial charge in [-0.3, -0.25) is 4.79 Å². The number of likely N-dealkylation sites (tertiary alicyclic amines) is 1. The molecule has 0 aromatic rings. The summed E-state index contributed by atoms with van der Waals surface area (Å²) < 4.78 is 23.2. The lowest BCUT2D eigenvalue weighted by atomic mass is 9.99. The number of carboxylic acids is 1. The third-order valence-corrected chi connectivity index (χ3v) is 4.98. The van der Waals surface area contributed by atoms with Crippen LogP contribution in [-0.4, -0.2) is 53.9 Å². The Bertz CT molecular complexity index is 444. The standard InChI is InChI=1S/C11H19NO5S/c1-3-7-18(16,17)8-9(13)12-6-4-5-11(12,2)10(14)15/h3-8H2,1-2H3,(H,14,15). The number of rotatable bonds is 5. The molecule has 7 heteroatoms. The fraction of sp³-hybridized carbons (Fsp3) is 0.818. The molecule has 0 aliphatic carbocycles. The van der Waals surface area contributed by atoms with Gasteiger partial charge in [0.25, 0.3) is 0 Å². The van der Waals surface area contributed by atoms with Crippen molar-refractivity contribution >= 4 is 21.7 Å². The first kappa shape index (κ1) is 14.9. The van der Waals surface area contributed by atoms with E-state index in [9.17, 15) is 18.0 Å². The van der Waals surface area contributed by atoms with Gasteiger partial charge in [0.05, 0.1) is 5.75 Å². The minimum absolute atomic E-state index is 0.0453. The number of hydrogen-bond donors (Lipinski definition) is 1. The van der Waals surface area contributed by atoms with Gasteiger partial charge in [-0.1, -0.05) is 6.92 Å². The van der Waals surface area contributed by atoms with Gasteiger partial charge in [0.15, 0.2) is 9.84 Å². The quantitative estimate of drug-likeness (QED) is 0.779. The van der Waals surface area contributed by atoms with Gasteiger partial charge in [-0.15, -0.1) is 0 Å². The first-order valence-corrected chi connectivity index (χ1v) is 7.79. The molecule has 1 heterocycles. The van der Waals surface area contributed by atoms with Crippen LogP contribution in [0.5, 0.6) is 0 Å². The van der Waals surface area contributed by atoms with Crippen LogP contribution < -0.4 is 0 Å². The Morgan fingerprint density at radius 2 is 2.00 bits per heavy atom. The molecule has 1 rings (SSSR count). The molecule has 0 bridgehead atoms. The topological polar surface area (TPSA) is 91.8 Å². The van der Waals surface area contributed by atoms with E-state index in [0.29, 0.717) is 25.8 Å². The van der Waals surface area contributed by atoms with E-state index in [1.54, 1.807) is 6.92 Å². The lowest BCUT2D eigenvalue weighted by Crippen LogP contribution is -2.52. The lowest BCUT2D eigenvalue weighted by Gasteiger charge is -2.31. The summed E-state index contributed by atoms with van der Waals surface area (Å²) in [6.07, 6.45) is 1.40. The summed E-state index contributed by atoms with van der Waals surface area (Å²) in [6.45, 7) is 3.50. The second kappa shape index (κ2) is 5.26. The van der Waals surface area contributed by atoms with Gasteiger partial charge in [0.2, 0.25) is 5.91 Å². The van der Waals surface area contributed by atoms with Crippen molar-refractivity contribution in [2.45, 2.75) is 38.6 Å². The van der Waals surface area contributed by atoms with E-state index in [4.69, 9.17) is 5.11 Å². The van der Waals surface area contributed by atoms with Gasteiger partial charge in [-0.2, -0.15) is 0 Å². The van der Waals surface area contributed by atoms with Crippen molar-refractivity contribution in [1.29, 1.82) is 0 Å². The number of carbonyl (C=O) groups excluding carboxylic acids is 1. The highest BCUT2D eigenvalue weighted by atomic mass is 32.2. The van der Waals surface area contributed by atoms with Crippen molar-refractivity contribution < 1.29 is 23.1 Å². The van der Waals surface area contributed by atoms with Crippen molar-refractivity contribution in [3.63, 3.8) is 0 Å². The van der Waals surface area contributed by atoms with Crippen molar-refractivity contribution in [2.75, 3.05) is 18.1 Å². The molecule has 1 atom stereocenters. The van der Waals surface area contributed by atoms with E-state index >= 15 is 0 Å². The molecule has 1 aliphatic rings. The van der Waals surface area contributed by atoms with Crippen LogP contribution in [0.15, 0.2) is 0 Å². The first-order valence-electron chi connectivity index (χ1n) is 5.97. The molecule has 1 unspecified atom stereocenters. The highest BCUT2D eigenvalue weighted by Gasteiger charge is 2.46. The Kier molecular flexibility index (Phi) is 4.37. The predicted molar refractivity (Wildman–Crippen MR) is 65.9 cm³/mol. The Hall–Kier alpha value is -1.11. The summed E-state index contributed by atoms with van der Waals surface area (Å²) >= 11 is 0. The average molecular weight is 277 g/mol. The van der Waals surface area contributed by atoms with Gasteiger partial charge in [-0.25, -0.2) is 13.2 Å². The fourth-order valence-electron chi connectivity index (χ4n) is 2.23. The smallest absolute Gasteiger partial charge is 0.329 e. The number of sulfone groups is 1. The molecule has 1 aliphatic heterocycles. The molecule has 104 valence electrons.